The van der Waals surface area contributed by atoms with Crippen LogP contribution in [0.25, 0.3) is 0 Å². The highest BCUT2D eigenvalue weighted by Crippen LogP contribution is 2.14. The molecule has 0 amide bonds. The summed E-state index contributed by atoms with van der Waals surface area (Å²) >= 11 is 0. The molecule has 1 N–H and O–H groups in total. The van der Waals surface area contributed by atoms with E-state index in [0.717, 1.165) is 11.5 Å². The fourth-order valence-electron chi connectivity index (χ4n) is 3.52. The van der Waals surface area contributed by atoms with Gasteiger partial charge in [-0.3, -0.25) is 4.99 Å². The largest absolute Gasteiger partial charge is 0.355 e. The van der Waals surface area contributed by atoms with Gasteiger partial charge in [0.25, 0.3) is 0 Å². The van der Waals surface area contributed by atoms with E-state index in [1.54, 1.807) is 17.5 Å². The minimum Gasteiger partial charge on any atom is -0.355 e. The topological polar surface area (TPSA) is 86.1 Å². The van der Waals surface area contributed by atoms with Crippen molar-refractivity contribution in [2.24, 2.45) is 12.0 Å². The Labute approximate surface area is 202 Å². The summed E-state index contributed by atoms with van der Waals surface area (Å²) in [6.07, 6.45) is 3.76. The number of aliphatic imine (C=N–C) groups is 1. The summed E-state index contributed by atoms with van der Waals surface area (Å²) in [6.45, 7) is 3.23. The van der Waals surface area contributed by atoms with E-state index in [2.05, 4.69) is 30.8 Å². The van der Waals surface area contributed by atoms with Crippen molar-refractivity contribution in [3.05, 3.63) is 48.4 Å². The van der Waals surface area contributed by atoms with Gasteiger partial charge in [0.2, 0.25) is 10.0 Å². The molecule has 0 saturated carbocycles. The van der Waals surface area contributed by atoms with E-state index in [0.29, 0.717) is 45.2 Å². The molecule has 1 saturated heterocycles. The maximum absolute atomic E-state index is 12.8. The SMILES string of the molecule is CN=C(NCCS(=O)(=O)N1CCN(c2ccccn2)CC1)N(C)Cc1cccn1C.I. The van der Waals surface area contributed by atoms with Gasteiger partial charge in [-0.2, -0.15) is 4.31 Å². The molecule has 172 valence electrons. The highest BCUT2D eigenvalue weighted by molar-refractivity contribution is 14.0. The zero-order chi connectivity index (χ0) is 21.6. The fraction of sp³-hybridized carbons (Fsp3) is 0.500. The summed E-state index contributed by atoms with van der Waals surface area (Å²) in [5.74, 6) is 1.60. The second-order valence-electron chi connectivity index (χ2n) is 7.33. The molecule has 0 aliphatic carbocycles. The molecule has 2 aromatic rings. The number of hydrogen-bond acceptors (Lipinski definition) is 5. The van der Waals surface area contributed by atoms with Crippen molar-refractivity contribution in [3.8, 4) is 0 Å². The minimum absolute atomic E-state index is 0. The number of aromatic nitrogens is 2. The zero-order valence-electron chi connectivity index (χ0n) is 18.3. The first-order chi connectivity index (χ1) is 14.4. The summed E-state index contributed by atoms with van der Waals surface area (Å²) in [5.41, 5.74) is 1.15. The molecule has 3 rings (SSSR count). The van der Waals surface area contributed by atoms with Gasteiger partial charge in [0, 0.05) is 72.0 Å². The van der Waals surface area contributed by atoms with Gasteiger partial charge in [0.1, 0.15) is 5.82 Å². The minimum atomic E-state index is -3.33. The number of anilines is 1. The number of hydrogen-bond donors (Lipinski definition) is 1. The van der Waals surface area contributed by atoms with Crippen LogP contribution in [-0.2, 0) is 23.6 Å². The van der Waals surface area contributed by atoms with Gasteiger partial charge < -0.3 is 19.7 Å². The lowest BCUT2D eigenvalue weighted by Gasteiger charge is -2.34. The number of pyridine rings is 1. The van der Waals surface area contributed by atoms with Gasteiger partial charge in [0.05, 0.1) is 12.3 Å². The number of piperazine rings is 1. The Kier molecular flexibility index (Phi) is 9.56. The van der Waals surface area contributed by atoms with E-state index >= 15 is 0 Å². The fourth-order valence-corrected chi connectivity index (χ4v) is 4.86. The van der Waals surface area contributed by atoms with Crippen molar-refractivity contribution in [3.63, 3.8) is 0 Å². The number of aryl methyl sites for hydroxylation is 1. The first-order valence-electron chi connectivity index (χ1n) is 10.1. The molecule has 0 aromatic carbocycles. The highest BCUT2D eigenvalue weighted by atomic mass is 127. The molecule has 0 radical (unpaired) electrons. The third-order valence-corrected chi connectivity index (χ3v) is 7.14. The molecule has 1 aliphatic heterocycles. The van der Waals surface area contributed by atoms with Crippen LogP contribution in [0.1, 0.15) is 5.69 Å². The predicted molar refractivity (Wildman–Crippen MR) is 135 cm³/mol. The van der Waals surface area contributed by atoms with Crippen LogP contribution in [0.5, 0.6) is 0 Å². The third-order valence-electron chi connectivity index (χ3n) is 5.27. The zero-order valence-corrected chi connectivity index (χ0v) is 21.5. The van der Waals surface area contributed by atoms with Crippen LogP contribution in [0.4, 0.5) is 5.82 Å². The molecule has 1 fully saturated rings. The number of halogens is 1. The molecule has 0 atom stereocenters. The second kappa shape index (κ2) is 11.7. The van der Waals surface area contributed by atoms with E-state index in [4.69, 9.17) is 0 Å². The Hall–Kier alpha value is -1.86. The normalized spacial score (nSPS) is 15.5. The maximum atomic E-state index is 12.8. The summed E-state index contributed by atoms with van der Waals surface area (Å²) in [6, 6.07) is 9.82. The number of sulfonamides is 1. The summed E-state index contributed by atoms with van der Waals surface area (Å²) in [4.78, 5) is 12.7. The van der Waals surface area contributed by atoms with E-state index in [9.17, 15) is 8.42 Å². The van der Waals surface area contributed by atoms with Gasteiger partial charge in [-0.05, 0) is 24.3 Å². The molecule has 1 aliphatic rings. The van der Waals surface area contributed by atoms with E-state index in [1.807, 2.05) is 49.5 Å². The van der Waals surface area contributed by atoms with E-state index < -0.39 is 10.0 Å². The summed E-state index contributed by atoms with van der Waals surface area (Å²) < 4.78 is 29.2. The van der Waals surface area contributed by atoms with Crippen molar-refractivity contribution in [1.29, 1.82) is 0 Å². The third kappa shape index (κ3) is 6.81. The van der Waals surface area contributed by atoms with Crippen molar-refractivity contribution in [2.75, 3.05) is 57.5 Å². The van der Waals surface area contributed by atoms with Crippen LogP contribution >= 0.6 is 24.0 Å². The van der Waals surface area contributed by atoms with Gasteiger partial charge in [-0.1, -0.05) is 6.07 Å². The van der Waals surface area contributed by atoms with Crippen LogP contribution in [0.15, 0.2) is 47.7 Å². The lowest BCUT2D eigenvalue weighted by Crippen LogP contribution is -2.50. The average Bonchev–Trinajstić information content (AvgIpc) is 3.16. The highest BCUT2D eigenvalue weighted by Gasteiger charge is 2.27. The molecule has 31 heavy (non-hydrogen) atoms. The Morgan fingerprint density at radius 1 is 1.19 bits per heavy atom. The van der Waals surface area contributed by atoms with Gasteiger partial charge in [-0.25, -0.2) is 13.4 Å². The van der Waals surface area contributed by atoms with Crippen molar-refractivity contribution < 1.29 is 8.42 Å². The lowest BCUT2D eigenvalue weighted by atomic mass is 10.3. The van der Waals surface area contributed by atoms with Crippen LogP contribution < -0.4 is 10.2 Å². The molecule has 0 spiro atoms. The number of nitrogens with one attached hydrogen (secondary N) is 1. The van der Waals surface area contributed by atoms with Crippen LogP contribution in [0, 0.1) is 0 Å². The first kappa shape index (κ1) is 25.4. The summed E-state index contributed by atoms with van der Waals surface area (Å²) in [5, 5.41) is 3.17. The Morgan fingerprint density at radius 2 is 1.94 bits per heavy atom. The second-order valence-corrected chi connectivity index (χ2v) is 9.42. The van der Waals surface area contributed by atoms with Crippen LogP contribution in [0.3, 0.4) is 0 Å². The standard InChI is InChI=1S/C20H31N7O2S.HI/c1-21-20(25(3)17-18-7-6-11-24(18)2)23-10-16-30(28,29)27-14-12-26(13-15-27)19-8-4-5-9-22-19;/h4-9,11H,10,12-17H2,1-3H3,(H,21,23);1H. The molecule has 2 aromatic heterocycles. The molecule has 3 heterocycles. The number of nitrogens with zero attached hydrogens (tertiary/aromatic N) is 6. The monoisotopic (exact) mass is 561 g/mol. The van der Waals surface area contributed by atoms with Crippen LogP contribution in [-0.4, -0.2) is 85.7 Å². The van der Waals surface area contributed by atoms with Gasteiger partial charge >= 0.3 is 0 Å². The molecule has 0 bridgehead atoms. The Bertz CT molecular complexity index is 941. The molecule has 9 nitrogen and oxygen atoms in total. The quantitative estimate of drug-likeness (QED) is 0.311. The number of guanidine groups is 1. The Morgan fingerprint density at radius 3 is 2.52 bits per heavy atom. The average molecular weight is 561 g/mol. The van der Waals surface area contributed by atoms with E-state index in [1.165, 1.54) is 0 Å². The number of rotatable bonds is 7. The van der Waals surface area contributed by atoms with Crippen LogP contribution in [0.2, 0.25) is 0 Å². The smallest absolute Gasteiger partial charge is 0.215 e. The van der Waals surface area contributed by atoms with E-state index in [-0.39, 0.29) is 29.7 Å². The summed E-state index contributed by atoms with van der Waals surface area (Å²) in [7, 11) is 2.31. The van der Waals surface area contributed by atoms with Crippen molar-refractivity contribution >= 4 is 45.8 Å². The Balaban J connectivity index is 0.00000341. The molecule has 11 heteroatoms. The van der Waals surface area contributed by atoms with Crippen molar-refractivity contribution in [2.45, 2.75) is 6.54 Å². The predicted octanol–water partition coefficient (Wildman–Crippen LogP) is 1.20. The maximum Gasteiger partial charge on any atom is 0.215 e. The molecule has 0 unspecified atom stereocenters. The first-order valence-corrected chi connectivity index (χ1v) is 11.7. The lowest BCUT2D eigenvalue weighted by molar-refractivity contribution is 0.383. The molecular weight excluding hydrogens is 529 g/mol. The van der Waals surface area contributed by atoms with Gasteiger partial charge in [0.15, 0.2) is 5.96 Å². The molecular formula is C20H32IN7O2S. The van der Waals surface area contributed by atoms with Crippen molar-refractivity contribution in [1.82, 2.24) is 24.1 Å². The van der Waals surface area contributed by atoms with Gasteiger partial charge in [-0.15, -0.1) is 24.0 Å².